The maximum atomic E-state index is 11.3. The van der Waals surface area contributed by atoms with Crippen molar-refractivity contribution in [1.82, 2.24) is 0 Å². The number of benzene rings is 3. The van der Waals surface area contributed by atoms with E-state index in [-0.39, 0.29) is 4.90 Å². The summed E-state index contributed by atoms with van der Waals surface area (Å²) in [7, 11) is -2.60. The SMILES string of the molecule is CNc1ccc(N=Nc2ccc(N=Nc3ccc(S(=O)(=O)O)cc3)cc2SOOO)c(NC(N)=O)c1. The molecular weight excluding hydrogens is 514 g/mol. The predicted molar refractivity (Wildman–Crippen MR) is 131 cm³/mol. The smallest absolute Gasteiger partial charge is 0.316 e. The summed E-state index contributed by atoms with van der Waals surface area (Å²) in [5, 5.41) is 34.0. The van der Waals surface area contributed by atoms with Gasteiger partial charge in [-0.15, -0.1) is 14.6 Å². The predicted octanol–water partition coefficient (Wildman–Crippen LogP) is 5.72. The standard InChI is InChI=1S/C20H19N7O7S2/c1-22-13-4-8-16(18(10-13)23-20(21)28)26-27-17-9-5-14(11-19(17)35-34-33-29)25-24-12-2-6-15(7-3-12)36(30,31)32/h2-11,22,29H,1H3,(H3,21,23,28)(H,30,31,32). The van der Waals surface area contributed by atoms with Crippen molar-refractivity contribution in [2.75, 3.05) is 17.7 Å². The minimum absolute atomic E-state index is 0.272. The van der Waals surface area contributed by atoms with Gasteiger partial charge in [0.15, 0.2) is 0 Å². The second kappa shape index (κ2) is 12.2. The molecule has 0 heterocycles. The highest BCUT2D eigenvalue weighted by molar-refractivity contribution is 7.94. The molecule has 3 rings (SSSR count). The van der Waals surface area contributed by atoms with E-state index < -0.39 is 16.1 Å². The van der Waals surface area contributed by atoms with E-state index in [1.54, 1.807) is 37.4 Å². The maximum absolute atomic E-state index is 11.3. The number of anilines is 2. The van der Waals surface area contributed by atoms with Gasteiger partial charge in [-0.2, -0.15) is 18.6 Å². The Balaban J connectivity index is 1.87. The van der Waals surface area contributed by atoms with Crippen molar-refractivity contribution in [3.05, 3.63) is 60.7 Å². The first kappa shape index (κ1) is 26.7. The zero-order valence-corrected chi connectivity index (χ0v) is 20.0. The average Bonchev–Trinajstić information content (AvgIpc) is 2.85. The van der Waals surface area contributed by atoms with Gasteiger partial charge in [0.2, 0.25) is 0 Å². The van der Waals surface area contributed by atoms with E-state index in [1.807, 2.05) is 0 Å². The minimum Gasteiger partial charge on any atom is -0.388 e. The lowest BCUT2D eigenvalue weighted by atomic mass is 10.2. The van der Waals surface area contributed by atoms with Gasteiger partial charge in [-0.05, 0) is 60.7 Å². The lowest BCUT2D eigenvalue weighted by molar-refractivity contribution is -0.432. The van der Waals surface area contributed by atoms with Crippen LogP contribution in [0.5, 0.6) is 0 Å². The molecule has 3 aromatic carbocycles. The summed E-state index contributed by atoms with van der Waals surface area (Å²) in [6.45, 7) is 0. The number of urea groups is 1. The van der Waals surface area contributed by atoms with E-state index in [9.17, 15) is 13.2 Å². The van der Waals surface area contributed by atoms with Gasteiger partial charge in [-0.3, -0.25) is 4.55 Å². The summed E-state index contributed by atoms with van der Waals surface area (Å²) >= 11 is 0.622. The van der Waals surface area contributed by atoms with Crippen LogP contribution in [0.4, 0.5) is 38.9 Å². The Labute approximate surface area is 209 Å². The number of nitrogens with two attached hydrogens (primary N) is 1. The van der Waals surface area contributed by atoms with Crippen LogP contribution in [0, 0.1) is 0 Å². The van der Waals surface area contributed by atoms with Crippen molar-refractivity contribution in [2.45, 2.75) is 9.79 Å². The quantitative estimate of drug-likeness (QED) is 0.0707. The van der Waals surface area contributed by atoms with Crippen molar-refractivity contribution >= 4 is 62.3 Å². The lowest BCUT2D eigenvalue weighted by Crippen LogP contribution is -2.19. The fourth-order valence-electron chi connectivity index (χ4n) is 2.69. The maximum Gasteiger partial charge on any atom is 0.316 e. The third-order valence-corrected chi connectivity index (χ3v) is 5.83. The fourth-order valence-corrected chi connectivity index (χ4v) is 3.63. The largest absolute Gasteiger partial charge is 0.388 e. The van der Waals surface area contributed by atoms with Gasteiger partial charge in [0.25, 0.3) is 10.1 Å². The van der Waals surface area contributed by atoms with Crippen molar-refractivity contribution in [2.24, 2.45) is 26.2 Å². The highest BCUT2D eigenvalue weighted by Gasteiger charge is 2.10. The number of rotatable bonds is 10. The molecule has 36 heavy (non-hydrogen) atoms. The number of nitrogens with one attached hydrogen (secondary N) is 2. The van der Waals surface area contributed by atoms with Crippen LogP contribution in [0.1, 0.15) is 0 Å². The summed E-state index contributed by atoms with van der Waals surface area (Å²) in [6, 6.07) is 13.9. The molecule has 3 aromatic rings. The lowest BCUT2D eigenvalue weighted by Gasteiger charge is -2.08. The molecule has 6 N–H and O–H groups in total. The van der Waals surface area contributed by atoms with Crippen LogP contribution >= 0.6 is 12.0 Å². The van der Waals surface area contributed by atoms with Crippen LogP contribution in [-0.4, -0.2) is 31.3 Å². The third kappa shape index (κ3) is 7.54. The summed E-state index contributed by atoms with van der Waals surface area (Å²) in [4.78, 5) is 11.4. The second-order valence-corrected chi connectivity index (χ2v) is 8.88. The van der Waals surface area contributed by atoms with E-state index in [0.717, 1.165) is 0 Å². The van der Waals surface area contributed by atoms with E-state index in [4.69, 9.17) is 15.5 Å². The van der Waals surface area contributed by atoms with Crippen molar-refractivity contribution in [3.8, 4) is 0 Å². The monoisotopic (exact) mass is 533 g/mol. The van der Waals surface area contributed by atoms with Crippen molar-refractivity contribution in [3.63, 3.8) is 0 Å². The molecule has 14 nitrogen and oxygen atoms in total. The number of azo groups is 2. The Kier molecular flexibility index (Phi) is 9.01. The van der Waals surface area contributed by atoms with Gasteiger partial charge in [0.05, 0.1) is 38.9 Å². The summed E-state index contributed by atoms with van der Waals surface area (Å²) in [5.41, 5.74) is 7.57. The molecule has 0 aliphatic carbocycles. The molecule has 0 saturated heterocycles. The summed E-state index contributed by atoms with van der Waals surface area (Å²) in [5.74, 6) is 0. The first-order valence-electron chi connectivity index (χ1n) is 9.77. The van der Waals surface area contributed by atoms with Gasteiger partial charge in [0, 0.05) is 12.7 Å². The first-order valence-corrected chi connectivity index (χ1v) is 12.0. The number of carbonyl (C=O) groups is 1. The van der Waals surface area contributed by atoms with E-state index in [0.29, 0.717) is 51.1 Å². The van der Waals surface area contributed by atoms with E-state index >= 15 is 0 Å². The molecule has 0 aliphatic rings. The van der Waals surface area contributed by atoms with Crippen LogP contribution in [0.2, 0.25) is 0 Å². The van der Waals surface area contributed by atoms with Crippen LogP contribution in [-0.2, 0) is 19.5 Å². The molecule has 0 saturated carbocycles. The zero-order chi connectivity index (χ0) is 26.1. The molecule has 2 amide bonds. The first-order chi connectivity index (χ1) is 17.2. The van der Waals surface area contributed by atoms with Crippen molar-refractivity contribution in [1.29, 1.82) is 0 Å². The molecule has 0 fully saturated rings. The highest BCUT2D eigenvalue weighted by Crippen LogP contribution is 2.37. The van der Waals surface area contributed by atoms with Crippen molar-refractivity contribution < 1.29 is 32.4 Å². The van der Waals surface area contributed by atoms with Crippen LogP contribution in [0.25, 0.3) is 0 Å². The molecule has 0 spiro atoms. The molecule has 0 atom stereocenters. The Morgan fingerprint density at radius 1 is 0.944 bits per heavy atom. The van der Waals surface area contributed by atoms with Gasteiger partial charge in [-0.25, -0.2) is 10.1 Å². The third-order valence-electron chi connectivity index (χ3n) is 4.32. The summed E-state index contributed by atoms with van der Waals surface area (Å²) in [6.07, 6.45) is 0. The summed E-state index contributed by atoms with van der Waals surface area (Å²) < 4.78 is 35.8. The minimum atomic E-state index is -4.31. The Morgan fingerprint density at radius 2 is 1.58 bits per heavy atom. The van der Waals surface area contributed by atoms with Crippen LogP contribution in [0.3, 0.4) is 0 Å². The average molecular weight is 534 g/mol. The Hall–Kier alpha value is -3.93. The van der Waals surface area contributed by atoms with Gasteiger partial charge >= 0.3 is 6.03 Å². The molecule has 188 valence electrons. The van der Waals surface area contributed by atoms with E-state index in [1.165, 1.54) is 30.3 Å². The molecule has 0 radical (unpaired) electrons. The van der Waals surface area contributed by atoms with Gasteiger partial charge in [-0.1, -0.05) is 5.04 Å². The number of nitrogens with zero attached hydrogens (tertiary/aromatic N) is 4. The van der Waals surface area contributed by atoms with Gasteiger partial charge in [0.1, 0.15) is 11.4 Å². The molecule has 0 unspecified atom stereocenters. The van der Waals surface area contributed by atoms with Gasteiger partial charge < -0.3 is 16.4 Å². The molecule has 0 bridgehead atoms. The number of hydrogen-bond acceptors (Lipinski definition) is 12. The topological polar surface area (TPSA) is 210 Å². The number of primary amides is 1. The normalized spacial score (nSPS) is 11.8. The zero-order valence-electron chi connectivity index (χ0n) is 18.4. The number of hydrogen-bond donors (Lipinski definition) is 5. The molecular formula is C20H19N7O7S2. The molecule has 0 aromatic heterocycles. The second-order valence-electron chi connectivity index (χ2n) is 6.72. The Bertz CT molecular complexity index is 1400. The fraction of sp³-hybridized carbons (Fsp3) is 0.0500. The Morgan fingerprint density at radius 3 is 2.22 bits per heavy atom. The number of amides is 2. The number of carbonyl (C=O) groups excluding carboxylic acids is 1. The van der Waals surface area contributed by atoms with Crippen LogP contribution < -0.4 is 16.4 Å². The highest BCUT2D eigenvalue weighted by atomic mass is 32.2. The molecule has 0 aliphatic heterocycles. The van der Waals surface area contributed by atoms with Crippen LogP contribution in [0.15, 0.2) is 90.9 Å². The molecule has 16 heteroatoms. The van der Waals surface area contributed by atoms with E-state index in [2.05, 4.69) is 40.5 Å².